The van der Waals surface area contributed by atoms with Crippen LogP contribution in [0.25, 0.3) is 0 Å². The number of benzene rings is 1. The zero-order valence-corrected chi connectivity index (χ0v) is 14.2. The van der Waals surface area contributed by atoms with Gasteiger partial charge in [0.2, 0.25) is 0 Å². The maximum Gasteiger partial charge on any atom is 0.338 e. The number of aromatic carboxylic acids is 1. The first-order chi connectivity index (χ1) is 12.1. The third-order valence-corrected chi connectivity index (χ3v) is 4.78. The van der Waals surface area contributed by atoms with Crippen molar-refractivity contribution in [2.75, 3.05) is 13.1 Å². The molecule has 2 heterocycles. The highest BCUT2D eigenvalue weighted by Gasteiger charge is 2.26. The molecule has 1 aromatic carbocycles. The van der Waals surface area contributed by atoms with Crippen LogP contribution in [0.4, 0.5) is 0 Å². The second-order valence-corrected chi connectivity index (χ2v) is 6.64. The van der Waals surface area contributed by atoms with Crippen LogP contribution in [-0.2, 0) is 6.42 Å². The van der Waals surface area contributed by atoms with E-state index in [-0.39, 0.29) is 17.2 Å². The summed E-state index contributed by atoms with van der Waals surface area (Å²) in [5.41, 5.74) is 1.36. The number of aryl methyl sites for hydroxylation is 1. The molecule has 0 aliphatic carbocycles. The molecule has 132 valence electrons. The first-order valence-corrected chi connectivity index (χ1v) is 8.78. The Morgan fingerprint density at radius 2 is 2.04 bits per heavy atom. The largest absolute Gasteiger partial charge is 0.478 e. The van der Waals surface area contributed by atoms with Crippen molar-refractivity contribution >= 4 is 11.9 Å². The Labute approximate surface area is 147 Å². The second kappa shape index (κ2) is 8.01. The number of hydrogen-bond donors (Lipinski definition) is 1. The number of carbonyl (C=O) groups is 2. The fourth-order valence-corrected chi connectivity index (χ4v) is 3.44. The van der Waals surface area contributed by atoms with E-state index in [0.29, 0.717) is 12.5 Å². The van der Waals surface area contributed by atoms with Crippen LogP contribution in [-0.4, -0.2) is 35.0 Å². The van der Waals surface area contributed by atoms with Gasteiger partial charge in [-0.2, -0.15) is 0 Å². The summed E-state index contributed by atoms with van der Waals surface area (Å²) in [4.78, 5) is 25.2. The fourth-order valence-electron chi connectivity index (χ4n) is 3.44. The second-order valence-electron chi connectivity index (χ2n) is 6.64. The quantitative estimate of drug-likeness (QED) is 0.866. The fraction of sp³-hybridized carbons (Fsp3) is 0.400. The summed E-state index contributed by atoms with van der Waals surface area (Å²) < 4.78 is 5.14. The molecule has 25 heavy (non-hydrogen) atoms. The third kappa shape index (κ3) is 4.50. The molecule has 1 atom stereocenters. The van der Waals surface area contributed by atoms with Crippen molar-refractivity contribution in [1.82, 2.24) is 4.90 Å². The third-order valence-electron chi connectivity index (χ3n) is 4.78. The van der Waals surface area contributed by atoms with Crippen LogP contribution in [0.1, 0.15) is 52.2 Å². The summed E-state index contributed by atoms with van der Waals surface area (Å²) in [7, 11) is 0. The SMILES string of the molecule is O=C(O)c1coc(C(=O)N2CCCC(CCCc3ccccc3)C2)c1. The molecule has 1 aromatic heterocycles. The lowest BCUT2D eigenvalue weighted by Gasteiger charge is -2.32. The number of furan rings is 1. The molecule has 1 saturated heterocycles. The summed E-state index contributed by atoms with van der Waals surface area (Å²) in [6, 6.07) is 11.7. The molecule has 1 unspecified atom stereocenters. The highest BCUT2D eigenvalue weighted by molar-refractivity contribution is 5.95. The van der Waals surface area contributed by atoms with E-state index in [1.54, 1.807) is 4.90 Å². The number of likely N-dealkylation sites (tertiary alicyclic amines) is 1. The number of carboxylic acid groups (broad SMARTS) is 1. The topological polar surface area (TPSA) is 70.7 Å². The Balaban J connectivity index is 1.51. The van der Waals surface area contributed by atoms with Crippen molar-refractivity contribution < 1.29 is 19.1 Å². The number of hydrogen-bond acceptors (Lipinski definition) is 3. The van der Waals surface area contributed by atoms with Crippen molar-refractivity contribution in [2.45, 2.75) is 32.1 Å². The molecule has 0 bridgehead atoms. The van der Waals surface area contributed by atoms with E-state index in [2.05, 4.69) is 24.3 Å². The summed E-state index contributed by atoms with van der Waals surface area (Å²) >= 11 is 0. The molecule has 0 radical (unpaired) electrons. The van der Waals surface area contributed by atoms with Gasteiger partial charge in [-0.05, 0) is 43.6 Å². The molecule has 1 fully saturated rings. The van der Waals surface area contributed by atoms with E-state index < -0.39 is 5.97 Å². The highest BCUT2D eigenvalue weighted by Crippen LogP contribution is 2.24. The van der Waals surface area contributed by atoms with Gasteiger partial charge in [-0.3, -0.25) is 4.79 Å². The van der Waals surface area contributed by atoms with Crippen LogP contribution in [0, 0.1) is 5.92 Å². The van der Waals surface area contributed by atoms with Crippen LogP contribution in [0.2, 0.25) is 0 Å². The lowest BCUT2D eigenvalue weighted by molar-refractivity contribution is 0.0634. The number of piperidine rings is 1. The summed E-state index contributed by atoms with van der Waals surface area (Å²) in [6.45, 7) is 1.42. The maximum atomic E-state index is 12.5. The van der Waals surface area contributed by atoms with Gasteiger partial charge in [-0.25, -0.2) is 4.79 Å². The summed E-state index contributed by atoms with van der Waals surface area (Å²) in [5.74, 6) is -0.682. The zero-order valence-electron chi connectivity index (χ0n) is 14.2. The van der Waals surface area contributed by atoms with Gasteiger partial charge >= 0.3 is 5.97 Å². The minimum atomic E-state index is -1.08. The van der Waals surface area contributed by atoms with Crippen LogP contribution in [0.5, 0.6) is 0 Å². The number of amides is 1. The molecule has 5 nitrogen and oxygen atoms in total. The molecule has 0 spiro atoms. The molecule has 1 aliphatic heterocycles. The lowest BCUT2D eigenvalue weighted by Crippen LogP contribution is -2.39. The molecular weight excluding hydrogens is 318 g/mol. The zero-order chi connectivity index (χ0) is 17.6. The van der Waals surface area contributed by atoms with E-state index in [4.69, 9.17) is 9.52 Å². The lowest BCUT2D eigenvalue weighted by atomic mass is 9.91. The molecule has 0 saturated carbocycles. The summed E-state index contributed by atoms with van der Waals surface area (Å²) in [6.07, 6.45) is 6.51. The number of nitrogens with zero attached hydrogens (tertiary/aromatic N) is 1. The van der Waals surface area contributed by atoms with Gasteiger partial charge in [-0.15, -0.1) is 0 Å². The number of carbonyl (C=O) groups excluding carboxylic acids is 1. The minimum Gasteiger partial charge on any atom is -0.478 e. The Bertz CT molecular complexity index is 722. The van der Waals surface area contributed by atoms with E-state index >= 15 is 0 Å². The van der Waals surface area contributed by atoms with E-state index in [0.717, 1.165) is 44.9 Å². The van der Waals surface area contributed by atoms with Gasteiger partial charge in [0.15, 0.2) is 5.76 Å². The average Bonchev–Trinajstić information content (AvgIpc) is 3.13. The highest BCUT2D eigenvalue weighted by atomic mass is 16.4. The predicted molar refractivity (Wildman–Crippen MR) is 93.7 cm³/mol. The normalized spacial score (nSPS) is 17.4. The molecule has 2 aromatic rings. The van der Waals surface area contributed by atoms with Gasteiger partial charge < -0.3 is 14.4 Å². The van der Waals surface area contributed by atoms with Crippen LogP contribution in [0.15, 0.2) is 47.1 Å². The predicted octanol–water partition coefficient (Wildman–Crippen LogP) is 3.85. The Morgan fingerprint density at radius 3 is 2.76 bits per heavy atom. The van der Waals surface area contributed by atoms with Gasteiger partial charge in [0.05, 0.1) is 5.56 Å². The number of rotatable bonds is 6. The molecule has 1 amide bonds. The molecular formula is C20H23NO4. The van der Waals surface area contributed by atoms with Crippen LogP contribution < -0.4 is 0 Å². The van der Waals surface area contributed by atoms with Crippen molar-refractivity contribution in [3.8, 4) is 0 Å². The minimum absolute atomic E-state index is 0.0137. The van der Waals surface area contributed by atoms with E-state index in [9.17, 15) is 9.59 Å². The van der Waals surface area contributed by atoms with Crippen molar-refractivity contribution in [2.24, 2.45) is 5.92 Å². The Morgan fingerprint density at radius 1 is 1.24 bits per heavy atom. The van der Waals surface area contributed by atoms with Crippen molar-refractivity contribution in [1.29, 1.82) is 0 Å². The Hall–Kier alpha value is -2.56. The van der Waals surface area contributed by atoms with Crippen LogP contribution in [0.3, 0.4) is 0 Å². The van der Waals surface area contributed by atoms with Gasteiger partial charge in [0.1, 0.15) is 6.26 Å². The average molecular weight is 341 g/mol. The summed E-state index contributed by atoms with van der Waals surface area (Å²) in [5, 5.41) is 8.94. The molecule has 1 aliphatic rings. The van der Waals surface area contributed by atoms with Gasteiger partial charge in [0.25, 0.3) is 5.91 Å². The molecule has 5 heteroatoms. The Kier molecular flexibility index (Phi) is 5.53. The van der Waals surface area contributed by atoms with Gasteiger partial charge in [0, 0.05) is 19.2 Å². The molecule has 3 rings (SSSR count). The molecule has 1 N–H and O–H groups in total. The number of carboxylic acids is 1. The van der Waals surface area contributed by atoms with Crippen molar-refractivity contribution in [3.05, 3.63) is 59.5 Å². The standard InChI is InChI=1S/C20H23NO4/c22-19(18-12-17(14-25-18)20(23)24)21-11-5-10-16(13-21)9-4-8-15-6-2-1-3-7-15/h1-3,6-7,12,14,16H,4-5,8-11,13H2,(H,23,24). The van der Waals surface area contributed by atoms with Gasteiger partial charge in [-0.1, -0.05) is 30.3 Å². The van der Waals surface area contributed by atoms with Crippen LogP contribution >= 0.6 is 0 Å². The monoisotopic (exact) mass is 341 g/mol. The van der Waals surface area contributed by atoms with Crippen molar-refractivity contribution in [3.63, 3.8) is 0 Å². The smallest absolute Gasteiger partial charge is 0.338 e. The van der Waals surface area contributed by atoms with E-state index in [1.165, 1.54) is 11.6 Å². The first kappa shape index (κ1) is 17.3. The van der Waals surface area contributed by atoms with E-state index in [1.807, 2.05) is 6.07 Å². The first-order valence-electron chi connectivity index (χ1n) is 8.78. The maximum absolute atomic E-state index is 12.5.